The van der Waals surface area contributed by atoms with Crippen LogP contribution in [-0.4, -0.2) is 58.9 Å². The zero-order valence-corrected chi connectivity index (χ0v) is 38.8. The fourth-order valence-corrected chi connectivity index (χ4v) is 14.7. The quantitative estimate of drug-likeness (QED) is 0.208. The fourth-order valence-electron chi connectivity index (χ4n) is 14.5. The summed E-state index contributed by atoms with van der Waals surface area (Å²) < 4.78 is 11.8. The van der Waals surface area contributed by atoms with Crippen molar-refractivity contribution in [1.82, 2.24) is 10.6 Å². The van der Waals surface area contributed by atoms with Crippen molar-refractivity contribution in [2.45, 2.75) is 158 Å². The third-order valence-electron chi connectivity index (χ3n) is 18.2. The smallest absolute Gasteiger partial charge is 0.309 e. The number of rotatable bonds is 9. The number of methoxy groups -OCH3 is 1. The number of ether oxygens (including phenoxy) is 2. The number of carbonyl (C=O) groups excluding carboxylic acids is 4. The highest BCUT2D eigenvalue weighted by molar-refractivity contribution is 6.30. The molecule has 6 aliphatic rings. The highest BCUT2D eigenvalue weighted by atomic mass is 35.5. The summed E-state index contributed by atoms with van der Waals surface area (Å²) in [6.45, 7) is 23.4. The van der Waals surface area contributed by atoms with Crippen LogP contribution in [0.5, 0.6) is 5.75 Å². The molecular weight excluding hydrogens is 780 g/mol. The monoisotopic (exact) mass is 848 g/mol. The summed E-state index contributed by atoms with van der Waals surface area (Å²) in [6.07, 6.45) is 7.52. The van der Waals surface area contributed by atoms with Gasteiger partial charge in [-0.15, -0.1) is 0 Å². The number of nitrogens with one attached hydrogen (secondary N) is 2. The van der Waals surface area contributed by atoms with Crippen LogP contribution in [0.25, 0.3) is 0 Å². The van der Waals surface area contributed by atoms with E-state index in [1.165, 1.54) is 7.11 Å². The number of carboxylic acids is 1. The van der Waals surface area contributed by atoms with Gasteiger partial charge in [0.15, 0.2) is 5.78 Å². The standard InChI is InChI=1S/C49H69ClN2O8/c1-26(2)37-32(53)25-49(52-42(58)45(7,8)51-39(54)28-14-13-27(50)23-33(28)59-12)22-21-47(10)29(38(37)49)15-16-35-46(9)19-18-36(44(5,6)34(46)17-20-48(35,47)11)60-41(57)31-24-30(40(55)56)43(31,3)4/h13-14,23,26,29-31,34-36H,15-22,24-25H2,1-12H3,(H,51,54)(H,52,58)(H,55,56)/t29-,30+,31-,34+,35-,36+,46+,47-,48-,49-/m1/s1. The number of Topliss-reactive ketones (excluding diaryl/α,β-unsaturated/α-hetero) is 1. The number of amides is 2. The number of hydrogen-bond donors (Lipinski definition) is 3. The van der Waals surface area contributed by atoms with Gasteiger partial charge >= 0.3 is 11.9 Å². The summed E-state index contributed by atoms with van der Waals surface area (Å²) >= 11 is 6.16. The predicted octanol–water partition coefficient (Wildman–Crippen LogP) is 9.37. The van der Waals surface area contributed by atoms with Crippen LogP contribution < -0.4 is 15.4 Å². The van der Waals surface area contributed by atoms with E-state index in [9.17, 15) is 29.1 Å². The number of carboxylic acid groups (broad SMARTS) is 1. The Morgan fingerprint density at radius 3 is 2.17 bits per heavy atom. The van der Waals surface area contributed by atoms with E-state index in [0.717, 1.165) is 56.1 Å². The average molecular weight is 850 g/mol. The van der Waals surface area contributed by atoms with E-state index >= 15 is 0 Å². The maximum Gasteiger partial charge on any atom is 0.309 e. The summed E-state index contributed by atoms with van der Waals surface area (Å²) in [4.78, 5) is 67.7. The molecule has 10 atom stereocenters. The maximum atomic E-state index is 14.5. The number of hydrogen-bond acceptors (Lipinski definition) is 7. The van der Waals surface area contributed by atoms with Crippen molar-refractivity contribution in [3.8, 4) is 5.75 Å². The van der Waals surface area contributed by atoms with Crippen molar-refractivity contribution >= 4 is 41.1 Å². The van der Waals surface area contributed by atoms with Gasteiger partial charge in [0.05, 0.1) is 30.0 Å². The van der Waals surface area contributed by atoms with Crippen molar-refractivity contribution in [2.24, 2.45) is 62.6 Å². The molecule has 7 rings (SSSR count). The van der Waals surface area contributed by atoms with Gasteiger partial charge in [-0.2, -0.15) is 0 Å². The van der Waals surface area contributed by atoms with Crippen LogP contribution in [0.1, 0.15) is 151 Å². The minimum atomic E-state index is -1.31. The Morgan fingerprint density at radius 2 is 1.55 bits per heavy atom. The van der Waals surface area contributed by atoms with Crippen molar-refractivity contribution in [2.75, 3.05) is 7.11 Å². The first-order chi connectivity index (χ1) is 27.7. The molecule has 60 heavy (non-hydrogen) atoms. The van der Waals surface area contributed by atoms with Gasteiger partial charge in [0.1, 0.15) is 17.4 Å². The molecule has 10 nitrogen and oxygen atoms in total. The van der Waals surface area contributed by atoms with Crippen LogP contribution in [0, 0.1) is 62.6 Å². The number of fused-ring (bicyclic) bond motifs is 7. The summed E-state index contributed by atoms with van der Waals surface area (Å²) in [6, 6.07) is 4.76. The van der Waals surface area contributed by atoms with Crippen LogP contribution in [0.2, 0.25) is 5.02 Å². The molecule has 0 saturated heterocycles. The molecule has 5 saturated carbocycles. The van der Waals surface area contributed by atoms with Crippen LogP contribution in [0.3, 0.4) is 0 Å². The third-order valence-corrected chi connectivity index (χ3v) is 18.5. The van der Waals surface area contributed by atoms with Gasteiger partial charge in [-0.3, -0.25) is 24.0 Å². The van der Waals surface area contributed by atoms with E-state index < -0.39 is 40.2 Å². The third kappa shape index (κ3) is 6.48. The van der Waals surface area contributed by atoms with Crippen molar-refractivity contribution in [3.05, 3.63) is 39.9 Å². The number of ketones is 1. The lowest BCUT2D eigenvalue weighted by Crippen LogP contribution is -2.68. The molecule has 0 aromatic heterocycles. The van der Waals surface area contributed by atoms with Gasteiger partial charge in [0, 0.05) is 16.9 Å². The van der Waals surface area contributed by atoms with Gasteiger partial charge in [-0.25, -0.2) is 0 Å². The van der Waals surface area contributed by atoms with Gasteiger partial charge in [-0.1, -0.05) is 73.9 Å². The van der Waals surface area contributed by atoms with E-state index in [-0.39, 0.29) is 69.2 Å². The van der Waals surface area contributed by atoms with Crippen LogP contribution >= 0.6 is 11.6 Å². The molecule has 0 spiro atoms. The van der Waals surface area contributed by atoms with E-state index in [1.807, 2.05) is 13.8 Å². The van der Waals surface area contributed by atoms with E-state index in [0.29, 0.717) is 35.4 Å². The first-order valence-corrected chi connectivity index (χ1v) is 22.8. The SMILES string of the molecule is COc1cc(Cl)ccc1C(=O)NC(C)(C)C(=O)N[C@@]12CC[C@]3(C)[C@H](CC[C@@H]4[C@@]5(C)CC[C@H](OC(=O)[C@H]6C[C@@H](C(=O)O)C6(C)C)C(C)(C)[C@@H]5CC[C@]43C)C1=C(C(C)C)C(=O)C2. The number of halogens is 1. The molecule has 1 aromatic rings. The topological polar surface area (TPSA) is 148 Å². The van der Waals surface area contributed by atoms with Crippen molar-refractivity contribution < 1.29 is 38.6 Å². The second-order valence-corrected chi connectivity index (χ2v) is 22.9. The lowest BCUT2D eigenvalue weighted by atomic mass is 9.33. The molecule has 6 aliphatic carbocycles. The number of aliphatic carboxylic acids is 1. The highest BCUT2D eigenvalue weighted by Crippen LogP contribution is 2.76. The Labute approximate surface area is 362 Å². The number of benzene rings is 1. The van der Waals surface area contributed by atoms with Crippen LogP contribution in [-0.2, 0) is 23.9 Å². The van der Waals surface area contributed by atoms with Crippen LogP contribution in [0.15, 0.2) is 29.3 Å². The highest BCUT2D eigenvalue weighted by Gasteiger charge is 2.71. The lowest BCUT2D eigenvalue weighted by Gasteiger charge is -2.72. The Balaban J connectivity index is 1.13. The van der Waals surface area contributed by atoms with Crippen LogP contribution in [0.4, 0.5) is 0 Å². The molecule has 11 heteroatoms. The first-order valence-electron chi connectivity index (χ1n) is 22.4. The average Bonchev–Trinajstić information content (AvgIpc) is 3.43. The Hall–Kier alpha value is -3.40. The summed E-state index contributed by atoms with van der Waals surface area (Å²) in [5, 5.41) is 16.5. The Morgan fingerprint density at radius 1 is 0.867 bits per heavy atom. The van der Waals surface area contributed by atoms with Gasteiger partial charge in [0.25, 0.3) is 5.91 Å². The minimum absolute atomic E-state index is 0.00296. The van der Waals surface area contributed by atoms with Gasteiger partial charge in [0.2, 0.25) is 5.91 Å². The molecule has 0 aliphatic heterocycles. The molecule has 0 heterocycles. The summed E-state index contributed by atoms with van der Waals surface area (Å²) in [7, 11) is 1.47. The Kier molecular flexibility index (Phi) is 10.9. The summed E-state index contributed by atoms with van der Waals surface area (Å²) in [5.74, 6) is -1.56. The normalized spacial score (nSPS) is 37.7. The number of carbonyl (C=O) groups is 5. The number of allylic oxidation sites excluding steroid dienone is 1. The largest absolute Gasteiger partial charge is 0.496 e. The molecule has 2 amide bonds. The zero-order valence-electron chi connectivity index (χ0n) is 38.0. The molecule has 0 radical (unpaired) electrons. The molecule has 330 valence electrons. The molecule has 3 N–H and O–H groups in total. The molecule has 1 aromatic carbocycles. The molecule has 5 fully saturated rings. The van der Waals surface area contributed by atoms with E-state index in [2.05, 4.69) is 59.1 Å². The lowest BCUT2D eigenvalue weighted by molar-refractivity contribution is -0.235. The number of esters is 1. The first kappa shape index (κ1) is 44.6. The second-order valence-electron chi connectivity index (χ2n) is 22.4. The van der Waals surface area contributed by atoms with Crippen molar-refractivity contribution in [3.63, 3.8) is 0 Å². The van der Waals surface area contributed by atoms with E-state index in [4.69, 9.17) is 21.1 Å². The summed E-state index contributed by atoms with van der Waals surface area (Å²) in [5.41, 5.74) is -0.926. The second kappa shape index (κ2) is 14.6. The molecule has 0 unspecified atom stereocenters. The predicted molar refractivity (Wildman–Crippen MR) is 230 cm³/mol. The van der Waals surface area contributed by atoms with Crippen molar-refractivity contribution in [1.29, 1.82) is 0 Å². The molecular formula is C49H69ClN2O8. The maximum absolute atomic E-state index is 14.5. The van der Waals surface area contributed by atoms with E-state index in [1.54, 1.807) is 32.0 Å². The zero-order chi connectivity index (χ0) is 44.3. The molecule has 0 bridgehead atoms. The Bertz CT molecular complexity index is 2040. The van der Waals surface area contributed by atoms with Gasteiger partial charge < -0.3 is 25.2 Å². The fraction of sp³-hybridized carbons (Fsp3) is 0.735. The minimum Gasteiger partial charge on any atom is -0.496 e. The van der Waals surface area contributed by atoms with Gasteiger partial charge in [-0.05, 0) is 146 Å².